The Morgan fingerprint density at radius 3 is 2.50 bits per heavy atom. The van der Waals surface area contributed by atoms with E-state index in [4.69, 9.17) is 16.6 Å². The summed E-state index contributed by atoms with van der Waals surface area (Å²) in [6.45, 7) is 9.27. The van der Waals surface area contributed by atoms with Crippen molar-refractivity contribution in [1.82, 2.24) is 14.9 Å². The van der Waals surface area contributed by atoms with Gasteiger partial charge in [0.05, 0.1) is 0 Å². The number of aromatic nitrogens is 2. The highest BCUT2D eigenvalue weighted by molar-refractivity contribution is 6.18. The van der Waals surface area contributed by atoms with Crippen molar-refractivity contribution in [3.8, 4) is 0 Å². The second-order valence-corrected chi connectivity index (χ2v) is 7.86. The summed E-state index contributed by atoms with van der Waals surface area (Å²) in [5, 5.41) is 0. The first-order valence-corrected chi connectivity index (χ1v) is 10.5. The summed E-state index contributed by atoms with van der Waals surface area (Å²) in [6, 6.07) is 8.64. The van der Waals surface area contributed by atoms with Crippen molar-refractivity contribution in [2.75, 3.05) is 37.0 Å². The third-order valence-corrected chi connectivity index (χ3v) is 5.45. The molecule has 1 aliphatic heterocycles. The lowest BCUT2D eigenvalue weighted by Gasteiger charge is -2.26. The molecule has 0 radical (unpaired) electrons. The number of amides is 1. The molecule has 1 aromatic carbocycles. The Hall–Kier alpha value is -2.14. The lowest BCUT2D eigenvalue weighted by molar-refractivity contribution is -0.130. The Morgan fingerprint density at radius 1 is 1.04 bits per heavy atom. The number of alkyl halides is 1. The molecule has 150 valence electrons. The molecule has 1 aromatic heterocycles. The average Bonchev–Trinajstić information content (AvgIpc) is 2.92. The molecular formula is C22H29ClN4O. The second kappa shape index (κ2) is 9.37. The minimum absolute atomic E-state index is 0.145. The van der Waals surface area contributed by atoms with Gasteiger partial charge < -0.3 is 9.80 Å². The predicted octanol–water partition coefficient (Wildman–Crippen LogP) is 3.66. The van der Waals surface area contributed by atoms with E-state index in [-0.39, 0.29) is 5.91 Å². The van der Waals surface area contributed by atoms with E-state index in [1.54, 1.807) is 0 Å². The smallest absolute Gasteiger partial charge is 0.223 e. The third kappa shape index (κ3) is 5.02. The van der Waals surface area contributed by atoms with Gasteiger partial charge in [0.2, 0.25) is 5.91 Å². The van der Waals surface area contributed by atoms with Gasteiger partial charge in [0.15, 0.2) is 0 Å². The molecule has 3 rings (SSSR count). The minimum atomic E-state index is 0.145. The van der Waals surface area contributed by atoms with Crippen molar-refractivity contribution >= 4 is 23.3 Å². The standard InChI is InChI=1S/C22H29ClN4O/c1-16-5-7-19(8-6-16)15-20-17(2)24-18(3)25-22(20)27-12-4-11-26(13-14-27)21(28)9-10-23/h5-8H,4,9-15H2,1-3H3. The lowest BCUT2D eigenvalue weighted by atomic mass is 10.0. The zero-order valence-electron chi connectivity index (χ0n) is 17.0. The summed E-state index contributed by atoms with van der Waals surface area (Å²) in [5.41, 5.74) is 4.73. The first kappa shape index (κ1) is 20.6. The molecule has 1 fully saturated rings. The third-order valence-electron chi connectivity index (χ3n) is 5.26. The van der Waals surface area contributed by atoms with E-state index in [0.717, 1.165) is 49.8 Å². The fourth-order valence-electron chi connectivity index (χ4n) is 3.71. The number of nitrogens with zero attached hydrogens (tertiary/aromatic N) is 4. The lowest BCUT2D eigenvalue weighted by Crippen LogP contribution is -2.35. The van der Waals surface area contributed by atoms with Crippen LogP contribution in [0.4, 0.5) is 5.82 Å². The summed E-state index contributed by atoms with van der Waals surface area (Å²) < 4.78 is 0. The number of aryl methyl sites for hydroxylation is 3. The van der Waals surface area contributed by atoms with Crippen LogP contribution >= 0.6 is 11.6 Å². The van der Waals surface area contributed by atoms with Gasteiger partial charge in [0.25, 0.3) is 0 Å². The maximum atomic E-state index is 12.2. The number of anilines is 1. The number of halogens is 1. The van der Waals surface area contributed by atoms with Crippen molar-refractivity contribution in [2.24, 2.45) is 0 Å². The molecule has 6 heteroatoms. The highest BCUT2D eigenvalue weighted by atomic mass is 35.5. The minimum Gasteiger partial charge on any atom is -0.354 e. The number of benzene rings is 1. The summed E-state index contributed by atoms with van der Waals surface area (Å²) >= 11 is 5.75. The van der Waals surface area contributed by atoms with Crippen LogP contribution in [0, 0.1) is 20.8 Å². The Morgan fingerprint density at radius 2 is 1.79 bits per heavy atom. The molecule has 2 aromatic rings. The molecule has 1 amide bonds. The highest BCUT2D eigenvalue weighted by Crippen LogP contribution is 2.25. The van der Waals surface area contributed by atoms with E-state index in [0.29, 0.717) is 18.8 Å². The number of rotatable bonds is 5. The van der Waals surface area contributed by atoms with Gasteiger partial charge in [-0.15, -0.1) is 11.6 Å². The van der Waals surface area contributed by atoms with E-state index in [9.17, 15) is 4.79 Å². The molecule has 5 nitrogen and oxygen atoms in total. The van der Waals surface area contributed by atoms with Crippen LogP contribution < -0.4 is 4.90 Å². The van der Waals surface area contributed by atoms with Gasteiger partial charge in [0, 0.05) is 56.2 Å². The Kier molecular flexibility index (Phi) is 6.89. The number of hydrogen-bond donors (Lipinski definition) is 0. The van der Waals surface area contributed by atoms with E-state index >= 15 is 0 Å². The van der Waals surface area contributed by atoms with Crippen LogP contribution in [0.5, 0.6) is 0 Å². The van der Waals surface area contributed by atoms with Crippen LogP contribution in [-0.4, -0.2) is 52.8 Å². The van der Waals surface area contributed by atoms with Crippen molar-refractivity contribution in [2.45, 2.75) is 40.0 Å². The Balaban J connectivity index is 1.84. The normalized spacial score (nSPS) is 14.9. The number of carbonyl (C=O) groups is 1. The number of carbonyl (C=O) groups excluding carboxylic acids is 1. The van der Waals surface area contributed by atoms with E-state index in [1.807, 2.05) is 11.8 Å². The molecule has 0 unspecified atom stereocenters. The van der Waals surface area contributed by atoms with Gasteiger partial charge in [0.1, 0.15) is 11.6 Å². The largest absolute Gasteiger partial charge is 0.354 e. The van der Waals surface area contributed by atoms with E-state index < -0.39 is 0 Å². The van der Waals surface area contributed by atoms with Crippen LogP contribution in [0.3, 0.4) is 0 Å². The summed E-state index contributed by atoms with van der Waals surface area (Å²) in [4.78, 5) is 25.9. The maximum absolute atomic E-state index is 12.2. The Bertz CT molecular complexity index is 822. The second-order valence-electron chi connectivity index (χ2n) is 7.48. The molecule has 1 saturated heterocycles. The van der Waals surface area contributed by atoms with Gasteiger partial charge in [-0.25, -0.2) is 9.97 Å². The monoisotopic (exact) mass is 400 g/mol. The molecular weight excluding hydrogens is 372 g/mol. The van der Waals surface area contributed by atoms with Crippen molar-refractivity contribution in [3.63, 3.8) is 0 Å². The predicted molar refractivity (Wildman–Crippen MR) is 114 cm³/mol. The van der Waals surface area contributed by atoms with E-state index in [1.165, 1.54) is 16.7 Å². The van der Waals surface area contributed by atoms with Gasteiger partial charge >= 0.3 is 0 Å². The first-order chi connectivity index (χ1) is 13.5. The zero-order valence-corrected chi connectivity index (χ0v) is 17.8. The molecule has 1 aliphatic rings. The van der Waals surface area contributed by atoms with Gasteiger partial charge in [-0.1, -0.05) is 29.8 Å². The molecule has 0 spiro atoms. The molecule has 2 heterocycles. The van der Waals surface area contributed by atoms with E-state index in [2.05, 4.69) is 48.0 Å². The average molecular weight is 401 g/mol. The summed E-state index contributed by atoms with van der Waals surface area (Å²) in [6.07, 6.45) is 2.15. The molecule has 0 saturated carbocycles. The van der Waals surface area contributed by atoms with Gasteiger partial charge in [-0.3, -0.25) is 4.79 Å². The molecule has 0 aliphatic carbocycles. The topological polar surface area (TPSA) is 49.3 Å². The molecule has 0 bridgehead atoms. The van der Waals surface area contributed by atoms with Crippen molar-refractivity contribution in [1.29, 1.82) is 0 Å². The Labute approximate surface area is 172 Å². The summed E-state index contributed by atoms with van der Waals surface area (Å²) in [5.74, 6) is 2.33. The molecule has 28 heavy (non-hydrogen) atoms. The number of hydrogen-bond acceptors (Lipinski definition) is 4. The first-order valence-electron chi connectivity index (χ1n) is 9.96. The van der Waals surface area contributed by atoms with Crippen LogP contribution in [0.2, 0.25) is 0 Å². The fraction of sp³-hybridized carbons (Fsp3) is 0.500. The summed E-state index contributed by atoms with van der Waals surface area (Å²) in [7, 11) is 0. The van der Waals surface area contributed by atoms with Gasteiger partial charge in [-0.05, 0) is 32.8 Å². The highest BCUT2D eigenvalue weighted by Gasteiger charge is 2.22. The van der Waals surface area contributed by atoms with Crippen LogP contribution in [0.25, 0.3) is 0 Å². The van der Waals surface area contributed by atoms with Crippen LogP contribution in [-0.2, 0) is 11.2 Å². The van der Waals surface area contributed by atoms with Crippen LogP contribution in [0.15, 0.2) is 24.3 Å². The SMILES string of the molecule is Cc1ccc(Cc2c(C)nc(C)nc2N2CCCN(C(=O)CCCl)CC2)cc1. The molecule has 0 atom stereocenters. The van der Waals surface area contributed by atoms with Crippen LogP contribution in [0.1, 0.15) is 41.1 Å². The molecule has 0 N–H and O–H groups in total. The van der Waals surface area contributed by atoms with Gasteiger partial charge in [-0.2, -0.15) is 0 Å². The maximum Gasteiger partial charge on any atom is 0.223 e. The zero-order chi connectivity index (χ0) is 20.1. The quantitative estimate of drug-likeness (QED) is 0.718. The van der Waals surface area contributed by atoms with Crippen molar-refractivity contribution in [3.05, 3.63) is 52.5 Å². The van der Waals surface area contributed by atoms with Crippen molar-refractivity contribution < 1.29 is 4.79 Å². The fourth-order valence-corrected chi connectivity index (χ4v) is 3.88.